The van der Waals surface area contributed by atoms with Crippen molar-refractivity contribution in [2.45, 2.75) is 50.5 Å². The molecule has 0 aromatic carbocycles. The van der Waals surface area contributed by atoms with Crippen LogP contribution in [0.2, 0.25) is 0 Å². The summed E-state index contributed by atoms with van der Waals surface area (Å²) in [4.78, 5) is 0. The second-order valence-electron chi connectivity index (χ2n) is 4.12. The Morgan fingerprint density at radius 3 is 2.82 bits per heavy atom. The zero-order valence-corrected chi connectivity index (χ0v) is 7.10. The standard InChI is InChI=1S/C10H17N/c11-10(7-8-10)6-5-9-3-1-2-4-9/h3H,1-2,4-8,11H2. The first kappa shape index (κ1) is 7.35. The molecular weight excluding hydrogens is 134 g/mol. The van der Waals surface area contributed by atoms with Gasteiger partial charge in [0.15, 0.2) is 0 Å². The molecule has 0 aromatic rings. The van der Waals surface area contributed by atoms with Crippen LogP contribution in [0.1, 0.15) is 44.9 Å². The van der Waals surface area contributed by atoms with Gasteiger partial charge >= 0.3 is 0 Å². The average Bonchev–Trinajstić information content (AvgIpc) is 2.53. The molecule has 0 aliphatic heterocycles. The van der Waals surface area contributed by atoms with Crippen LogP contribution >= 0.6 is 0 Å². The maximum atomic E-state index is 6.00. The number of rotatable bonds is 3. The Kier molecular flexibility index (Phi) is 1.76. The molecule has 2 N–H and O–H groups in total. The van der Waals surface area contributed by atoms with Crippen molar-refractivity contribution in [3.8, 4) is 0 Å². The van der Waals surface area contributed by atoms with E-state index in [-0.39, 0.29) is 5.54 Å². The summed E-state index contributed by atoms with van der Waals surface area (Å²) in [5.74, 6) is 0. The van der Waals surface area contributed by atoms with Crippen molar-refractivity contribution in [2.24, 2.45) is 5.73 Å². The van der Waals surface area contributed by atoms with Crippen molar-refractivity contribution in [3.05, 3.63) is 11.6 Å². The molecule has 0 unspecified atom stereocenters. The van der Waals surface area contributed by atoms with Crippen molar-refractivity contribution in [1.82, 2.24) is 0 Å². The fourth-order valence-electron chi connectivity index (χ4n) is 1.78. The average molecular weight is 151 g/mol. The third-order valence-corrected chi connectivity index (χ3v) is 2.97. The highest BCUT2D eigenvalue weighted by Gasteiger charge is 2.37. The molecule has 1 fully saturated rings. The van der Waals surface area contributed by atoms with Crippen LogP contribution in [0.3, 0.4) is 0 Å². The van der Waals surface area contributed by atoms with E-state index in [4.69, 9.17) is 5.73 Å². The largest absolute Gasteiger partial charge is 0.325 e. The Hall–Kier alpha value is -0.300. The van der Waals surface area contributed by atoms with Crippen molar-refractivity contribution in [2.75, 3.05) is 0 Å². The summed E-state index contributed by atoms with van der Waals surface area (Å²) in [5.41, 5.74) is 7.93. The molecule has 1 nitrogen and oxygen atoms in total. The molecule has 1 heteroatoms. The molecule has 2 rings (SSSR count). The lowest BCUT2D eigenvalue weighted by Crippen LogP contribution is -2.21. The second kappa shape index (κ2) is 2.63. The zero-order valence-electron chi connectivity index (χ0n) is 7.10. The molecule has 0 heterocycles. The van der Waals surface area contributed by atoms with Gasteiger partial charge in [0.2, 0.25) is 0 Å². The van der Waals surface area contributed by atoms with Gasteiger partial charge in [-0.05, 0) is 44.9 Å². The van der Waals surface area contributed by atoms with Gasteiger partial charge in [-0.2, -0.15) is 0 Å². The zero-order chi connectivity index (χ0) is 7.73. The van der Waals surface area contributed by atoms with Gasteiger partial charge in [-0.15, -0.1) is 0 Å². The van der Waals surface area contributed by atoms with Crippen molar-refractivity contribution in [1.29, 1.82) is 0 Å². The highest BCUT2D eigenvalue weighted by atomic mass is 14.8. The normalized spacial score (nSPS) is 26.8. The number of nitrogens with two attached hydrogens (primary N) is 1. The number of hydrogen-bond donors (Lipinski definition) is 1. The minimum Gasteiger partial charge on any atom is -0.325 e. The van der Waals surface area contributed by atoms with Gasteiger partial charge < -0.3 is 5.73 Å². The summed E-state index contributed by atoms with van der Waals surface area (Å²) in [6, 6.07) is 0. The number of hydrogen-bond acceptors (Lipinski definition) is 1. The molecule has 0 saturated heterocycles. The second-order valence-corrected chi connectivity index (χ2v) is 4.12. The van der Waals surface area contributed by atoms with Crippen molar-refractivity contribution < 1.29 is 0 Å². The summed E-state index contributed by atoms with van der Waals surface area (Å²) in [6.45, 7) is 0. The van der Waals surface area contributed by atoms with Crippen molar-refractivity contribution >= 4 is 0 Å². The molecule has 2 aliphatic rings. The van der Waals surface area contributed by atoms with Gasteiger partial charge in [-0.25, -0.2) is 0 Å². The first-order chi connectivity index (χ1) is 5.29. The van der Waals surface area contributed by atoms with Gasteiger partial charge in [0.1, 0.15) is 0 Å². The molecule has 1 saturated carbocycles. The van der Waals surface area contributed by atoms with Gasteiger partial charge in [-0.3, -0.25) is 0 Å². The van der Waals surface area contributed by atoms with Gasteiger partial charge in [-0.1, -0.05) is 11.6 Å². The van der Waals surface area contributed by atoms with E-state index in [2.05, 4.69) is 6.08 Å². The van der Waals surface area contributed by atoms with E-state index in [1.807, 2.05) is 0 Å². The Morgan fingerprint density at radius 1 is 1.45 bits per heavy atom. The molecule has 0 amide bonds. The Morgan fingerprint density at radius 2 is 2.27 bits per heavy atom. The highest BCUT2D eigenvalue weighted by molar-refractivity contribution is 5.10. The number of allylic oxidation sites excluding steroid dienone is 2. The van der Waals surface area contributed by atoms with Crippen LogP contribution in [-0.4, -0.2) is 5.54 Å². The molecule has 11 heavy (non-hydrogen) atoms. The monoisotopic (exact) mass is 151 g/mol. The predicted molar refractivity (Wildman–Crippen MR) is 47.3 cm³/mol. The fourth-order valence-corrected chi connectivity index (χ4v) is 1.78. The molecule has 62 valence electrons. The summed E-state index contributed by atoms with van der Waals surface area (Å²) in [7, 11) is 0. The lowest BCUT2D eigenvalue weighted by atomic mass is 10.0. The first-order valence-corrected chi connectivity index (χ1v) is 4.75. The maximum Gasteiger partial charge on any atom is 0.0158 e. The lowest BCUT2D eigenvalue weighted by Gasteiger charge is -2.07. The van der Waals surface area contributed by atoms with E-state index in [0.29, 0.717) is 0 Å². The predicted octanol–water partition coefficient (Wildman–Crippen LogP) is 2.37. The van der Waals surface area contributed by atoms with E-state index in [1.165, 1.54) is 44.9 Å². The molecule has 0 spiro atoms. The van der Waals surface area contributed by atoms with E-state index >= 15 is 0 Å². The third kappa shape index (κ3) is 1.84. The summed E-state index contributed by atoms with van der Waals surface area (Å²) < 4.78 is 0. The van der Waals surface area contributed by atoms with Crippen LogP contribution in [0.25, 0.3) is 0 Å². The van der Waals surface area contributed by atoms with E-state index in [1.54, 1.807) is 5.57 Å². The lowest BCUT2D eigenvalue weighted by molar-refractivity contribution is 0.601. The first-order valence-electron chi connectivity index (χ1n) is 4.75. The van der Waals surface area contributed by atoms with Gasteiger partial charge in [0.25, 0.3) is 0 Å². The van der Waals surface area contributed by atoms with E-state index < -0.39 is 0 Å². The summed E-state index contributed by atoms with van der Waals surface area (Å²) in [6.07, 6.45) is 11.5. The summed E-state index contributed by atoms with van der Waals surface area (Å²) >= 11 is 0. The van der Waals surface area contributed by atoms with E-state index in [0.717, 1.165) is 0 Å². The van der Waals surface area contributed by atoms with Crippen LogP contribution in [0, 0.1) is 0 Å². The van der Waals surface area contributed by atoms with Crippen LogP contribution < -0.4 is 5.73 Å². The Balaban J connectivity index is 1.73. The molecule has 0 radical (unpaired) electrons. The minimum atomic E-state index is 0.267. The van der Waals surface area contributed by atoms with Crippen LogP contribution in [0.5, 0.6) is 0 Å². The molecule has 0 aromatic heterocycles. The maximum absolute atomic E-state index is 6.00. The Labute approximate surface area is 68.7 Å². The van der Waals surface area contributed by atoms with E-state index in [9.17, 15) is 0 Å². The summed E-state index contributed by atoms with van der Waals surface area (Å²) in [5, 5.41) is 0. The topological polar surface area (TPSA) is 26.0 Å². The van der Waals surface area contributed by atoms with Gasteiger partial charge in [0, 0.05) is 5.54 Å². The smallest absolute Gasteiger partial charge is 0.0158 e. The minimum absolute atomic E-state index is 0.267. The Bertz CT molecular complexity index is 177. The quantitative estimate of drug-likeness (QED) is 0.616. The fraction of sp³-hybridized carbons (Fsp3) is 0.800. The molecule has 2 aliphatic carbocycles. The third-order valence-electron chi connectivity index (χ3n) is 2.97. The van der Waals surface area contributed by atoms with Crippen molar-refractivity contribution in [3.63, 3.8) is 0 Å². The van der Waals surface area contributed by atoms with Gasteiger partial charge in [0.05, 0.1) is 0 Å². The van der Waals surface area contributed by atoms with Crippen LogP contribution in [-0.2, 0) is 0 Å². The molecule has 0 bridgehead atoms. The molecule has 0 atom stereocenters. The SMILES string of the molecule is NC1(CCC2=CCCC2)CC1. The highest BCUT2D eigenvalue weighted by Crippen LogP contribution is 2.38. The van der Waals surface area contributed by atoms with Crippen LogP contribution in [0.15, 0.2) is 11.6 Å². The molecular formula is C10H17N. The van der Waals surface area contributed by atoms with Crippen LogP contribution in [0.4, 0.5) is 0 Å².